The van der Waals surface area contributed by atoms with Gasteiger partial charge in [0.2, 0.25) is 5.91 Å². The Morgan fingerprint density at radius 2 is 1.76 bits per heavy atom. The van der Waals surface area contributed by atoms with Gasteiger partial charge in [-0.1, -0.05) is 37.2 Å². The number of rotatable bonds is 7. The van der Waals surface area contributed by atoms with E-state index in [2.05, 4.69) is 32.3 Å². The van der Waals surface area contributed by atoms with Crippen LogP contribution < -0.4 is 16.4 Å². The maximum absolute atomic E-state index is 12.6. The third-order valence-electron chi connectivity index (χ3n) is 10.8. The van der Waals surface area contributed by atoms with E-state index in [0.29, 0.717) is 36.0 Å². The Labute approximate surface area is 253 Å². The van der Waals surface area contributed by atoms with Crippen LogP contribution >= 0.6 is 0 Å². The summed E-state index contributed by atoms with van der Waals surface area (Å²) in [5.74, 6) is 9.12. The molecule has 0 aromatic heterocycles. The second kappa shape index (κ2) is 14.1. The predicted molar refractivity (Wildman–Crippen MR) is 164 cm³/mol. The monoisotopic (exact) mass is 582 g/mol. The maximum atomic E-state index is 12.6. The van der Waals surface area contributed by atoms with E-state index < -0.39 is 0 Å². The van der Waals surface area contributed by atoms with Crippen LogP contribution in [0.15, 0.2) is 12.2 Å². The van der Waals surface area contributed by atoms with Crippen LogP contribution in [0.4, 0.5) is 0 Å². The molecular weight excluding hydrogens is 528 g/mol. The van der Waals surface area contributed by atoms with Crippen molar-refractivity contribution in [1.82, 2.24) is 25.3 Å². The van der Waals surface area contributed by atoms with Gasteiger partial charge in [0.15, 0.2) is 0 Å². The number of fused-ring (bicyclic) bond motifs is 1. The summed E-state index contributed by atoms with van der Waals surface area (Å²) in [5.41, 5.74) is 6.86. The van der Waals surface area contributed by atoms with Crippen LogP contribution in [0.5, 0.6) is 0 Å². The number of hydrogen-bond acceptors (Lipinski definition) is 8. The molecule has 2 saturated carbocycles. The molecule has 1 amide bonds. The first-order valence-corrected chi connectivity index (χ1v) is 16.8. The van der Waals surface area contributed by atoms with Gasteiger partial charge in [-0.15, -0.1) is 0 Å². The highest BCUT2D eigenvalue weighted by Crippen LogP contribution is 2.47. The molecule has 9 nitrogen and oxygen atoms in total. The molecule has 0 radical (unpaired) electrons. The SMILES string of the molecule is CN(C)C/C=C/C(=O)N1CC(C#CC2C(C3CCC(OC4CCCCC4)CC3)C3C(N)NCNC3N2C2CCOC2)C1. The van der Waals surface area contributed by atoms with Crippen LogP contribution in [0, 0.1) is 35.5 Å². The summed E-state index contributed by atoms with van der Waals surface area (Å²) in [6, 6.07) is 0.516. The zero-order valence-corrected chi connectivity index (χ0v) is 25.9. The van der Waals surface area contributed by atoms with Gasteiger partial charge < -0.3 is 25.0 Å². The lowest BCUT2D eigenvalue weighted by atomic mass is 9.70. The van der Waals surface area contributed by atoms with Crippen molar-refractivity contribution in [3.05, 3.63) is 12.2 Å². The second-order valence-electron chi connectivity index (χ2n) is 13.9. The van der Waals surface area contributed by atoms with Crippen molar-refractivity contribution < 1.29 is 14.3 Å². The summed E-state index contributed by atoms with van der Waals surface area (Å²) in [7, 11) is 4.01. The molecule has 42 heavy (non-hydrogen) atoms. The average molecular weight is 583 g/mol. The number of nitrogens with two attached hydrogens (primary N) is 1. The molecule has 6 rings (SSSR count). The third-order valence-corrected chi connectivity index (χ3v) is 10.8. The van der Waals surface area contributed by atoms with Crippen LogP contribution in [-0.2, 0) is 14.3 Å². The molecule has 0 bridgehead atoms. The Bertz CT molecular complexity index is 985. The maximum Gasteiger partial charge on any atom is 0.246 e. The van der Waals surface area contributed by atoms with Crippen molar-refractivity contribution in [3.8, 4) is 11.8 Å². The van der Waals surface area contributed by atoms with Crippen LogP contribution in [0.1, 0.15) is 64.2 Å². The standard InChI is InChI=1S/C33H54N6O3/c1-37(2)17-6-9-29(40)38-19-23(20-38)10-15-28-30(24-11-13-27(14-12-24)42-26-7-4-3-5-8-26)31-32(34)35-22-36-33(31)39(28)25-16-18-41-21-25/h6,9,23-28,30-33,35-36H,3-5,7-8,11-14,16-22,34H2,1-2H3/b9-6+. The van der Waals surface area contributed by atoms with Gasteiger partial charge in [-0.25, -0.2) is 0 Å². The Hall–Kier alpha value is -1.51. The average Bonchev–Trinajstić information content (AvgIpc) is 3.60. The zero-order valence-electron chi connectivity index (χ0n) is 25.9. The fraction of sp³-hybridized carbons (Fsp3) is 0.848. The van der Waals surface area contributed by atoms with Crippen molar-refractivity contribution >= 4 is 5.91 Å². The van der Waals surface area contributed by atoms with Crippen molar-refractivity contribution in [2.24, 2.45) is 29.4 Å². The van der Waals surface area contributed by atoms with Gasteiger partial charge in [0.25, 0.3) is 0 Å². The summed E-state index contributed by atoms with van der Waals surface area (Å²) < 4.78 is 12.5. The molecule has 0 spiro atoms. The lowest BCUT2D eigenvalue weighted by molar-refractivity contribution is -0.130. The molecule has 4 heterocycles. The van der Waals surface area contributed by atoms with Crippen molar-refractivity contribution in [1.29, 1.82) is 0 Å². The fourth-order valence-electron chi connectivity index (χ4n) is 8.55. The first kappa shape index (κ1) is 30.5. The molecule has 0 aromatic carbocycles. The van der Waals surface area contributed by atoms with Gasteiger partial charge in [0.1, 0.15) is 0 Å². The van der Waals surface area contributed by atoms with Gasteiger partial charge in [0.05, 0.1) is 43.1 Å². The lowest BCUT2D eigenvalue weighted by Crippen LogP contribution is -2.64. The number of carbonyl (C=O) groups excluding carboxylic acids is 1. The van der Waals surface area contributed by atoms with Crippen LogP contribution in [0.2, 0.25) is 0 Å². The van der Waals surface area contributed by atoms with Crippen molar-refractivity contribution in [2.45, 2.75) is 101 Å². The van der Waals surface area contributed by atoms with Crippen LogP contribution in [0.25, 0.3) is 0 Å². The first-order chi connectivity index (χ1) is 20.5. The van der Waals surface area contributed by atoms with E-state index in [4.69, 9.17) is 15.2 Å². The summed E-state index contributed by atoms with van der Waals surface area (Å²) in [4.78, 5) is 19.2. The van der Waals surface area contributed by atoms with Crippen LogP contribution in [-0.4, -0.2) is 111 Å². The number of hydrogen-bond donors (Lipinski definition) is 3. The van der Waals surface area contributed by atoms with Crippen molar-refractivity contribution in [3.63, 3.8) is 0 Å². The number of amides is 1. The van der Waals surface area contributed by atoms with Crippen LogP contribution in [0.3, 0.4) is 0 Å². The highest BCUT2D eigenvalue weighted by molar-refractivity contribution is 5.88. The smallest absolute Gasteiger partial charge is 0.246 e. The molecule has 4 N–H and O–H groups in total. The predicted octanol–water partition coefficient (Wildman–Crippen LogP) is 1.94. The van der Waals surface area contributed by atoms with Gasteiger partial charge in [-0.05, 0) is 70.9 Å². The highest BCUT2D eigenvalue weighted by Gasteiger charge is 2.56. The number of likely N-dealkylation sites (tertiary alicyclic amines) is 2. The molecule has 4 saturated heterocycles. The summed E-state index contributed by atoms with van der Waals surface area (Å²) in [5, 5.41) is 7.32. The number of likely N-dealkylation sites (N-methyl/N-ethyl adjacent to an activating group) is 1. The van der Waals surface area contributed by atoms with Gasteiger partial charge >= 0.3 is 0 Å². The Morgan fingerprint density at radius 3 is 2.48 bits per heavy atom. The number of nitrogens with one attached hydrogen (secondary N) is 2. The molecule has 6 fully saturated rings. The van der Waals surface area contributed by atoms with E-state index in [1.165, 1.54) is 44.9 Å². The summed E-state index contributed by atoms with van der Waals surface area (Å²) in [6.07, 6.45) is 16.9. The largest absolute Gasteiger partial charge is 0.380 e. The molecule has 2 aliphatic carbocycles. The van der Waals surface area contributed by atoms with E-state index in [9.17, 15) is 4.79 Å². The molecule has 0 aromatic rings. The van der Waals surface area contributed by atoms with E-state index >= 15 is 0 Å². The quantitative estimate of drug-likeness (QED) is 0.310. The normalized spacial score (nSPS) is 38.4. The van der Waals surface area contributed by atoms with Gasteiger partial charge in [-0.3, -0.25) is 20.3 Å². The number of nitrogens with zero attached hydrogens (tertiary/aromatic N) is 3. The summed E-state index contributed by atoms with van der Waals surface area (Å²) in [6.45, 7) is 4.52. The lowest BCUT2D eigenvalue weighted by Gasteiger charge is -2.41. The Kier molecular flexibility index (Phi) is 10.2. The molecule has 6 unspecified atom stereocenters. The Balaban J connectivity index is 1.16. The minimum absolute atomic E-state index is 0.0418. The molecule has 234 valence electrons. The highest BCUT2D eigenvalue weighted by atomic mass is 16.5. The molecule has 6 aliphatic rings. The topological polar surface area (TPSA) is 95.3 Å². The number of ether oxygens (including phenoxy) is 2. The molecule has 6 atom stereocenters. The summed E-state index contributed by atoms with van der Waals surface area (Å²) >= 11 is 0. The van der Waals surface area contributed by atoms with Crippen molar-refractivity contribution in [2.75, 3.05) is 53.6 Å². The van der Waals surface area contributed by atoms with E-state index in [1.54, 1.807) is 6.08 Å². The van der Waals surface area contributed by atoms with E-state index in [-0.39, 0.29) is 30.2 Å². The minimum atomic E-state index is -0.0418. The fourth-order valence-corrected chi connectivity index (χ4v) is 8.55. The Morgan fingerprint density at radius 1 is 1.00 bits per heavy atom. The molecule has 9 heteroatoms. The van der Waals surface area contributed by atoms with Gasteiger partial charge in [0, 0.05) is 50.9 Å². The molecular formula is C33H54N6O3. The van der Waals surface area contributed by atoms with E-state index in [1.807, 2.05) is 25.1 Å². The first-order valence-electron chi connectivity index (χ1n) is 16.8. The van der Waals surface area contributed by atoms with Gasteiger partial charge in [-0.2, -0.15) is 0 Å². The van der Waals surface area contributed by atoms with E-state index in [0.717, 1.165) is 58.8 Å². The second-order valence-corrected chi connectivity index (χ2v) is 13.9. The third kappa shape index (κ3) is 6.91. The zero-order chi connectivity index (χ0) is 29.1. The minimum Gasteiger partial charge on any atom is -0.380 e. The molecule has 4 aliphatic heterocycles. The number of carbonyl (C=O) groups is 1.